The molecule has 0 aromatic heterocycles. The molecule has 1 heterocycles. The molecule has 1 rings (SSSR count). The van der Waals surface area contributed by atoms with E-state index in [1.165, 1.54) is 0 Å². The van der Waals surface area contributed by atoms with E-state index in [4.69, 9.17) is 20.0 Å². The van der Waals surface area contributed by atoms with Gasteiger partial charge in [-0.2, -0.15) is 0 Å². The second-order valence-electron chi connectivity index (χ2n) is 3.82. The average molecular weight is 290 g/mol. The number of ether oxygens (including phenoxy) is 1. The molecule has 18 heavy (non-hydrogen) atoms. The minimum absolute atomic E-state index is 0.887. The Hall–Kier alpha value is -0.130. The van der Waals surface area contributed by atoms with Gasteiger partial charge in [0.25, 0.3) is 0 Å². The SMILES string of the molecule is O=P(O)(O)OC[C@@H](O)C1O[C@@H](O)[C@H](O)C(O)[C@@H]1O. The number of phosphoric acid groups is 1. The largest absolute Gasteiger partial charge is 0.469 e. The Morgan fingerprint density at radius 1 is 1.11 bits per heavy atom. The van der Waals surface area contributed by atoms with Gasteiger partial charge in [0.1, 0.15) is 30.5 Å². The minimum atomic E-state index is -4.80. The molecule has 0 aromatic carbocycles. The summed E-state index contributed by atoms with van der Waals surface area (Å²) in [5.74, 6) is 0. The van der Waals surface area contributed by atoms with Crippen LogP contribution in [0.1, 0.15) is 0 Å². The number of rotatable bonds is 4. The summed E-state index contributed by atoms with van der Waals surface area (Å²) in [6, 6.07) is 0. The number of phosphoric ester groups is 1. The van der Waals surface area contributed by atoms with E-state index in [1.54, 1.807) is 0 Å². The molecule has 108 valence electrons. The molecule has 1 saturated heterocycles. The van der Waals surface area contributed by atoms with Gasteiger partial charge in [-0.15, -0.1) is 0 Å². The van der Waals surface area contributed by atoms with Gasteiger partial charge in [0.2, 0.25) is 0 Å². The third kappa shape index (κ3) is 3.93. The lowest BCUT2D eigenvalue weighted by molar-refractivity contribution is -0.298. The topological polar surface area (TPSA) is 177 Å². The van der Waals surface area contributed by atoms with Crippen LogP contribution in [0.25, 0.3) is 0 Å². The van der Waals surface area contributed by atoms with Gasteiger partial charge in [0.15, 0.2) is 6.29 Å². The highest BCUT2D eigenvalue weighted by molar-refractivity contribution is 7.46. The van der Waals surface area contributed by atoms with Crippen molar-refractivity contribution in [2.75, 3.05) is 6.61 Å². The van der Waals surface area contributed by atoms with E-state index in [0.29, 0.717) is 0 Å². The molecular weight excluding hydrogens is 275 g/mol. The fourth-order valence-electron chi connectivity index (χ4n) is 1.47. The monoisotopic (exact) mass is 290 g/mol. The Morgan fingerprint density at radius 2 is 1.67 bits per heavy atom. The second-order valence-corrected chi connectivity index (χ2v) is 5.06. The molecule has 0 saturated carbocycles. The molecular formula is C7H15O10P. The van der Waals surface area contributed by atoms with Crippen molar-refractivity contribution in [3.05, 3.63) is 0 Å². The molecule has 0 aliphatic carbocycles. The van der Waals surface area contributed by atoms with Gasteiger partial charge in [-0.25, -0.2) is 4.57 Å². The van der Waals surface area contributed by atoms with Gasteiger partial charge in [-0.3, -0.25) is 4.52 Å². The first-order valence-electron chi connectivity index (χ1n) is 4.89. The van der Waals surface area contributed by atoms with Crippen molar-refractivity contribution in [2.45, 2.75) is 36.8 Å². The van der Waals surface area contributed by atoms with Gasteiger partial charge in [0, 0.05) is 0 Å². The summed E-state index contributed by atoms with van der Waals surface area (Å²) in [4.78, 5) is 16.8. The molecule has 11 heteroatoms. The highest BCUT2D eigenvalue weighted by atomic mass is 31.2. The summed E-state index contributed by atoms with van der Waals surface area (Å²) >= 11 is 0. The maximum atomic E-state index is 10.4. The van der Waals surface area contributed by atoms with E-state index in [9.17, 15) is 19.9 Å². The quantitative estimate of drug-likeness (QED) is 0.254. The molecule has 0 radical (unpaired) electrons. The Bertz CT molecular complexity index is 317. The fourth-order valence-corrected chi connectivity index (χ4v) is 1.82. The lowest BCUT2D eigenvalue weighted by atomic mass is 9.96. The molecule has 1 aliphatic rings. The molecule has 10 nitrogen and oxygen atoms in total. The van der Waals surface area contributed by atoms with Crippen LogP contribution in [0, 0.1) is 0 Å². The van der Waals surface area contributed by atoms with E-state index >= 15 is 0 Å². The predicted octanol–water partition coefficient (Wildman–Crippen LogP) is -3.74. The van der Waals surface area contributed by atoms with E-state index in [1.807, 2.05) is 0 Å². The van der Waals surface area contributed by atoms with Gasteiger partial charge in [0.05, 0.1) is 6.61 Å². The van der Waals surface area contributed by atoms with Crippen LogP contribution in [0.2, 0.25) is 0 Å². The van der Waals surface area contributed by atoms with Crippen LogP contribution < -0.4 is 0 Å². The molecule has 2 unspecified atom stereocenters. The number of hydrogen-bond acceptors (Lipinski definition) is 8. The fraction of sp³-hybridized carbons (Fsp3) is 1.00. The van der Waals surface area contributed by atoms with Crippen LogP contribution in [-0.2, 0) is 13.8 Å². The first-order valence-corrected chi connectivity index (χ1v) is 6.42. The van der Waals surface area contributed by atoms with Crippen molar-refractivity contribution in [1.29, 1.82) is 0 Å². The van der Waals surface area contributed by atoms with Crippen LogP contribution in [-0.4, -0.2) is 78.7 Å². The van der Waals surface area contributed by atoms with Crippen LogP contribution in [0.4, 0.5) is 0 Å². The Balaban J connectivity index is 2.62. The summed E-state index contributed by atoms with van der Waals surface area (Å²) < 4.78 is 19.0. The summed E-state index contributed by atoms with van der Waals surface area (Å²) in [7, 11) is -4.80. The van der Waals surface area contributed by atoms with E-state index < -0.39 is 51.2 Å². The zero-order valence-electron chi connectivity index (χ0n) is 8.97. The predicted molar refractivity (Wildman–Crippen MR) is 52.9 cm³/mol. The minimum Gasteiger partial charge on any atom is -0.388 e. The van der Waals surface area contributed by atoms with Crippen molar-refractivity contribution in [2.24, 2.45) is 0 Å². The number of aliphatic hydroxyl groups is 5. The zero-order chi connectivity index (χ0) is 14.1. The van der Waals surface area contributed by atoms with E-state index in [2.05, 4.69) is 9.26 Å². The van der Waals surface area contributed by atoms with Gasteiger partial charge >= 0.3 is 7.82 Å². The molecule has 7 N–H and O–H groups in total. The molecule has 1 aliphatic heterocycles. The van der Waals surface area contributed by atoms with Crippen molar-refractivity contribution < 1.29 is 49.1 Å². The van der Waals surface area contributed by atoms with Gasteiger partial charge in [-0.05, 0) is 0 Å². The molecule has 6 atom stereocenters. The summed E-state index contributed by atoms with van der Waals surface area (Å²) in [6.07, 6.45) is -10.4. The smallest absolute Gasteiger partial charge is 0.388 e. The highest BCUT2D eigenvalue weighted by Crippen LogP contribution is 2.36. The molecule has 0 aromatic rings. The lowest BCUT2D eigenvalue weighted by Crippen LogP contribution is -2.61. The van der Waals surface area contributed by atoms with Crippen LogP contribution in [0.3, 0.4) is 0 Å². The Labute approximate surface area is 101 Å². The summed E-state index contributed by atoms with van der Waals surface area (Å²) in [6.45, 7) is -0.887. The molecule has 0 spiro atoms. The molecule has 0 amide bonds. The summed E-state index contributed by atoms with van der Waals surface area (Å²) in [5, 5.41) is 46.6. The maximum absolute atomic E-state index is 10.4. The van der Waals surface area contributed by atoms with Crippen molar-refractivity contribution in [3.8, 4) is 0 Å². The highest BCUT2D eigenvalue weighted by Gasteiger charge is 2.46. The maximum Gasteiger partial charge on any atom is 0.469 e. The Morgan fingerprint density at radius 3 is 2.17 bits per heavy atom. The zero-order valence-corrected chi connectivity index (χ0v) is 9.87. The standard InChI is InChI=1S/C7H15O10P/c8-2(1-16-18(13,14)15)6-4(10)3(9)5(11)7(12)17-6/h2-12H,1H2,(H2,13,14,15)/t2-,3?,4+,5-,6?,7-/m1/s1. The third-order valence-corrected chi connectivity index (χ3v) is 2.90. The Kier molecular flexibility index (Phi) is 5.21. The van der Waals surface area contributed by atoms with Crippen molar-refractivity contribution in [1.82, 2.24) is 0 Å². The average Bonchev–Trinajstić information content (AvgIpc) is 2.27. The van der Waals surface area contributed by atoms with Crippen molar-refractivity contribution >= 4 is 7.82 Å². The molecule has 0 bridgehead atoms. The second kappa shape index (κ2) is 5.88. The van der Waals surface area contributed by atoms with Crippen molar-refractivity contribution in [3.63, 3.8) is 0 Å². The lowest BCUT2D eigenvalue weighted by Gasteiger charge is -2.40. The normalized spacial score (nSPS) is 39.6. The molecule has 1 fully saturated rings. The van der Waals surface area contributed by atoms with Gasteiger partial charge in [-0.1, -0.05) is 0 Å². The summed E-state index contributed by atoms with van der Waals surface area (Å²) in [5.41, 5.74) is 0. The van der Waals surface area contributed by atoms with E-state index in [-0.39, 0.29) is 0 Å². The number of aliphatic hydroxyl groups excluding tert-OH is 5. The van der Waals surface area contributed by atoms with Crippen LogP contribution >= 0.6 is 7.82 Å². The van der Waals surface area contributed by atoms with E-state index in [0.717, 1.165) is 0 Å². The number of hydrogen-bond donors (Lipinski definition) is 7. The first kappa shape index (κ1) is 15.9. The van der Waals surface area contributed by atoms with Gasteiger partial charge < -0.3 is 40.1 Å². The first-order chi connectivity index (χ1) is 8.13. The van der Waals surface area contributed by atoms with Crippen LogP contribution in [0.5, 0.6) is 0 Å². The third-order valence-electron chi connectivity index (χ3n) is 2.42. The van der Waals surface area contributed by atoms with Crippen LogP contribution in [0.15, 0.2) is 0 Å².